The van der Waals surface area contributed by atoms with Crippen LogP contribution in [0.2, 0.25) is 10.0 Å². The predicted molar refractivity (Wildman–Crippen MR) is 104 cm³/mol. The number of benzene rings is 1. The number of hydrogen-bond acceptors (Lipinski definition) is 4. The molecule has 0 unspecified atom stereocenters. The van der Waals surface area contributed by atoms with Crippen LogP contribution < -0.4 is 10.9 Å². The minimum atomic E-state index is -0.257. The van der Waals surface area contributed by atoms with E-state index in [1.807, 2.05) is 18.2 Å². The molecule has 0 spiro atoms. The van der Waals surface area contributed by atoms with Gasteiger partial charge in [0.15, 0.2) is 0 Å². The van der Waals surface area contributed by atoms with E-state index in [2.05, 4.69) is 25.3 Å². The highest BCUT2D eigenvalue weighted by atomic mass is 35.5. The number of halogens is 2. The smallest absolute Gasteiger partial charge is 0.261 e. The van der Waals surface area contributed by atoms with Crippen LogP contribution in [-0.2, 0) is 6.54 Å². The number of fused-ring (bicyclic) bond motifs is 1. The summed E-state index contributed by atoms with van der Waals surface area (Å²) >= 11 is 12.1. The van der Waals surface area contributed by atoms with E-state index < -0.39 is 0 Å². The maximum Gasteiger partial charge on any atom is 0.261 e. The number of H-pyrrole nitrogens is 2. The fourth-order valence-corrected chi connectivity index (χ4v) is 2.99. The maximum atomic E-state index is 12.4. The summed E-state index contributed by atoms with van der Waals surface area (Å²) in [6, 6.07) is 10.8. The standard InChI is InChI=1S/C18H13Cl2N5O/c19-11-7-14-15(8-12(11)20)25-17(24-14)16-13(4-6-22-18(16)26)23-9-10-3-1-2-5-21-10/h1-8H,9H2,(H,24,25)(H2,22,23,26). The molecule has 6 nitrogen and oxygen atoms in total. The van der Waals surface area contributed by atoms with E-state index in [0.29, 0.717) is 44.7 Å². The summed E-state index contributed by atoms with van der Waals surface area (Å²) in [5.74, 6) is 0.434. The van der Waals surface area contributed by atoms with Crippen LogP contribution in [0.5, 0.6) is 0 Å². The molecule has 0 aliphatic heterocycles. The van der Waals surface area contributed by atoms with Gasteiger partial charge in [-0.2, -0.15) is 0 Å². The Hall–Kier alpha value is -2.83. The molecule has 26 heavy (non-hydrogen) atoms. The van der Waals surface area contributed by atoms with Crippen LogP contribution in [0.15, 0.2) is 53.6 Å². The fourth-order valence-electron chi connectivity index (χ4n) is 2.67. The summed E-state index contributed by atoms with van der Waals surface area (Å²) in [5.41, 5.74) is 3.00. The number of imidazole rings is 1. The lowest BCUT2D eigenvalue weighted by atomic mass is 10.2. The van der Waals surface area contributed by atoms with Gasteiger partial charge in [0.1, 0.15) is 11.4 Å². The first-order chi connectivity index (χ1) is 12.6. The van der Waals surface area contributed by atoms with E-state index in [9.17, 15) is 4.79 Å². The summed E-state index contributed by atoms with van der Waals surface area (Å²) in [6.45, 7) is 0.481. The monoisotopic (exact) mass is 385 g/mol. The lowest BCUT2D eigenvalue weighted by Gasteiger charge is -2.09. The van der Waals surface area contributed by atoms with Crippen molar-refractivity contribution >= 4 is 39.9 Å². The van der Waals surface area contributed by atoms with Crippen molar-refractivity contribution in [1.29, 1.82) is 0 Å². The van der Waals surface area contributed by atoms with Crippen LogP contribution in [0.3, 0.4) is 0 Å². The Morgan fingerprint density at radius 2 is 1.96 bits per heavy atom. The maximum absolute atomic E-state index is 12.4. The third kappa shape index (κ3) is 3.16. The second kappa shape index (κ2) is 6.82. The Kier molecular flexibility index (Phi) is 4.36. The molecular weight excluding hydrogens is 373 g/mol. The molecule has 3 heterocycles. The summed E-state index contributed by atoms with van der Waals surface area (Å²) in [6.07, 6.45) is 3.31. The minimum Gasteiger partial charge on any atom is -0.379 e. The van der Waals surface area contributed by atoms with Crippen molar-refractivity contribution in [2.45, 2.75) is 6.54 Å². The zero-order valence-electron chi connectivity index (χ0n) is 13.4. The first-order valence-electron chi connectivity index (χ1n) is 7.82. The molecule has 4 rings (SSSR count). The van der Waals surface area contributed by atoms with Gasteiger partial charge in [-0.3, -0.25) is 9.78 Å². The Balaban J connectivity index is 1.75. The van der Waals surface area contributed by atoms with E-state index in [4.69, 9.17) is 23.2 Å². The van der Waals surface area contributed by atoms with Gasteiger partial charge in [-0.15, -0.1) is 0 Å². The summed E-state index contributed by atoms with van der Waals surface area (Å²) in [7, 11) is 0. The Labute approximate surface area is 158 Å². The molecule has 0 atom stereocenters. The van der Waals surface area contributed by atoms with Gasteiger partial charge in [0.05, 0.1) is 39.0 Å². The predicted octanol–water partition coefficient (Wildman–Crippen LogP) is 4.23. The molecule has 130 valence electrons. The quantitative estimate of drug-likeness (QED) is 0.490. The molecule has 0 aliphatic carbocycles. The number of nitrogens with zero attached hydrogens (tertiary/aromatic N) is 2. The number of anilines is 1. The van der Waals surface area contributed by atoms with Gasteiger partial charge in [-0.1, -0.05) is 29.3 Å². The van der Waals surface area contributed by atoms with Gasteiger partial charge < -0.3 is 15.3 Å². The van der Waals surface area contributed by atoms with Crippen LogP contribution in [0.1, 0.15) is 5.69 Å². The fraction of sp³-hybridized carbons (Fsp3) is 0.0556. The van der Waals surface area contributed by atoms with Crippen LogP contribution in [0, 0.1) is 0 Å². The average molecular weight is 386 g/mol. The first kappa shape index (κ1) is 16.6. The summed E-state index contributed by atoms with van der Waals surface area (Å²) < 4.78 is 0. The number of aromatic nitrogens is 4. The topological polar surface area (TPSA) is 86.5 Å². The molecule has 0 bridgehead atoms. The van der Waals surface area contributed by atoms with E-state index in [1.165, 1.54) is 0 Å². The molecule has 8 heteroatoms. The molecule has 0 saturated carbocycles. The van der Waals surface area contributed by atoms with Gasteiger partial charge in [-0.25, -0.2) is 4.98 Å². The van der Waals surface area contributed by atoms with E-state index in [1.54, 1.807) is 30.6 Å². The summed E-state index contributed by atoms with van der Waals surface area (Å²) in [4.78, 5) is 27.0. The Morgan fingerprint density at radius 1 is 1.12 bits per heavy atom. The highest BCUT2D eigenvalue weighted by molar-refractivity contribution is 6.42. The second-order valence-corrected chi connectivity index (χ2v) is 6.45. The molecule has 0 aliphatic rings. The van der Waals surface area contributed by atoms with Gasteiger partial charge in [0.25, 0.3) is 5.56 Å². The highest BCUT2D eigenvalue weighted by Crippen LogP contribution is 2.29. The molecule has 1 aromatic carbocycles. The zero-order valence-corrected chi connectivity index (χ0v) is 14.9. The zero-order chi connectivity index (χ0) is 18.1. The largest absolute Gasteiger partial charge is 0.379 e. The summed E-state index contributed by atoms with van der Waals surface area (Å²) in [5, 5.41) is 4.07. The second-order valence-electron chi connectivity index (χ2n) is 5.64. The van der Waals surface area contributed by atoms with Crippen LogP contribution >= 0.6 is 23.2 Å². The first-order valence-corrected chi connectivity index (χ1v) is 8.58. The van der Waals surface area contributed by atoms with Gasteiger partial charge in [0.2, 0.25) is 0 Å². The van der Waals surface area contributed by atoms with Crippen LogP contribution in [-0.4, -0.2) is 19.9 Å². The third-order valence-corrected chi connectivity index (χ3v) is 4.63. The number of hydrogen-bond donors (Lipinski definition) is 3. The molecule has 3 aromatic heterocycles. The van der Waals surface area contributed by atoms with Gasteiger partial charge >= 0.3 is 0 Å². The van der Waals surface area contributed by atoms with Crippen molar-refractivity contribution in [2.24, 2.45) is 0 Å². The van der Waals surface area contributed by atoms with Gasteiger partial charge in [-0.05, 0) is 30.3 Å². The lowest BCUT2D eigenvalue weighted by Crippen LogP contribution is -2.13. The van der Waals surface area contributed by atoms with Crippen LogP contribution in [0.4, 0.5) is 5.69 Å². The van der Waals surface area contributed by atoms with Crippen LogP contribution in [0.25, 0.3) is 22.4 Å². The molecule has 0 amide bonds. The Morgan fingerprint density at radius 3 is 2.77 bits per heavy atom. The molecule has 0 radical (unpaired) electrons. The minimum absolute atomic E-state index is 0.257. The molecule has 0 fully saturated rings. The van der Waals surface area contributed by atoms with Crippen molar-refractivity contribution in [3.8, 4) is 11.4 Å². The van der Waals surface area contributed by atoms with Crippen molar-refractivity contribution in [3.63, 3.8) is 0 Å². The van der Waals surface area contributed by atoms with Crippen molar-refractivity contribution in [1.82, 2.24) is 19.9 Å². The number of aromatic amines is 2. The highest BCUT2D eigenvalue weighted by Gasteiger charge is 2.15. The molecular formula is C18H13Cl2N5O. The lowest BCUT2D eigenvalue weighted by molar-refractivity contribution is 1.04. The molecule has 4 aromatic rings. The number of rotatable bonds is 4. The average Bonchev–Trinajstić information content (AvgIpc) is 3.03. The van der Waals surface area contributed by atoms with E-state index in [0.717, 1.165) is 5.69 Å². The Bertz CT molecular complexity index is 1100. The molecule has 0 saturated heterocycles. The number of pyridine rings is 2. The van der Waals surface area contributed by atoms with Gasteiger partial charge in [0, 0.05) is 12.4 Å². The molecule has 3 N–H and O–H groups in total. The van der Waals surface area contributed by atoms with E-state index >= 15 is 0 Å². The van der Waals surface area contributed by atoms with Crippen molar-refractivity contribution in [3.05, 3.63) is 74.9 Å². The SMILES string of the molecule is O=c1[nH]ccc(NCc2ccccn2)c1-c1nc2cc(Cl)c(Cl)cc2[nH]1. The van der Waals surface area contributed by atoms with Crippen molar-refractivity contribution < 1.29 is 0 Å². The van der Waals surface area contributed by atoms with Crippen molar-refractivity contribution in [2.75, 3.05) is 5.32 Å². The normalized spacial score (nSPS) is 11.0. The number of nitrogens with one attached hydrogen (secondary N) is 3. The van der Waals surface area contributed by atoms with E-state index in [-0.39, 0.29) is 5.56 Å². The third-order valence-electron chi connectivity index (χ3n) is 3.91.